The summed E-state index contributed by atoms with van der Waals surface area (Å²) in [5, 5.41) is 6.77. The van der Waals surface area contributed by atoms with Crippen molar-refractivity contribution in [3.05, 3.63) is 41.0 Å². The maximum absolute atomic E-state index is 12.2. The van der Waals surface area contributed by atoms with Crippen molar-refractivity contribution in [1.82, 2.24) is 20.1 Å². The highest BCUT2D eigenvalue weighted by Crippen LogP contribution is 2.14. The van der Waals surface area contributed by atoms with Crippen molar-refractivity contribution in [3.8, 4) is 0 Å². The van der Waals surface area contributed by atoms with Gasteiger partial charge in [-0.15, -0.1) is 0 Å². The Morgan fingerprint density at radius 2 is 2.16 bits per heavy atom. The molecule has 0 saturated carbocycles. The fraction of sp³-hybridized carbons (Fsp3) is 0.308. The Labute approximate surface area is 111 Å². The zero-order chi connectivity index (χ0) is 14.0. The number of rotatable bonds is 3. The van der Waals surface area contributed by atoms with Gasteiger partial charge in [0.2, 0.25) is 0 Å². The molecule has 2 rings (SSSR count). The number of aryl methyl sites for hydroxylation is 2. The van der Waals surface area contributed by atoms with Crippen molar-refractivity contribution >= 4 is 11.6 Å². The van der Waals surface area contributed by atoms with Gasteiger partial charge in [-0.05, 0) is 37.6 Å². The second kappa shape index (κ2) is 5.09. The first kappa shape index (κ1) is 13.1. The second-order valence-corrected chi connectivity index (χ2v) is 4.57. The van der Waals surface area contributed by atoms with E-state index in [1.165, 1.54) is 0 Å². The zero-order valence-electron chi connectivity index (χ0n) is 11.3. The van der Waals surface area contributed by atoms with E-state index in [1.807, 2.05) is 13.8 Å². The molecule has 0 unspecified atom stereocenters. The van der Waals surface area contributed by atoms with Gasteiger partial charge in [0.15, 0.2) is 5.82 Å². The molecule has 0 fully saturated rings. The third-order valence-electron chi connectivity index (χ3n) is 2.89. The number of nitrogens with one attached hydrogen (secondary N) is 1. The summed E-state index contributed by atoms with van der Waals surface area (Å²) < 4.78 is 0. The van der Waals surface area contributed by atoms with Crippen LogP contribution in [-0.2, 0) is 6.54 Å². The van der Waals surface area contributed by atoms with Crippen molar-refractivity contribution < 1.29 is 4.79 Å². The largest absolute Gasteiger partial charge is 0.399 e. The lowest BCUT2D eigenvalue weighted by molar-refractivity contribution is 0.0781. The number of H-pyrrole nitrogens is 1. The number of hydrogen-bond acceptors (Lipinski definition) is 4. The van der Waals surface area contributed by atoms with Gasteiger partial charge in [-0.2, -0.15) is 5.10 Å². The van der Waals surface area contributed by atoms with Gasteiger partial charge in [-0.25, -0.2) is 4.98 Å². The summed E-state index contributed by atoms with van der Waals surface area (Å²) in [5.74, 6) is 1.25. The van der Waals surface area contributed by atoms with Crippen LogP contribution in [0.4, 0.5) is 5.69 Å². The molecule has 100 valence electrons. The van der Waals surface area contributed by atoms with Gasteiger partial charge in [0.1, 0.15) is 5.82 Å². The van der Waals surface area contributed by atoms with E-state index in [9.17, 15) is 4.79 Å². The van der Waals surface area contributed by atoms with Crippen LogP contribution in [0.25, 0.3) is 0 Å². The minimum absolute atomic E-state index is 0.0782. The highest BCUT2D eigenvalue weighted by atomic mass is 16.2. The molecule has 0 radical (unpaired) electrons. The highest BCUT2D eigenvalue weighted by molar-refractivity contribution is 5.94. The van der Waals surface area contributed by atoms with Gasteiger partial charge in [0.05, 0.1) is 6.54 Å². The summed E-state index contributed by atoms with van der Waals surface area (Å²) in [6.45, 7) is 4.07. The molecule has 0 spiro atoms. The Bertz CT molecular complexity index is 605. The second-order valence-electron chi connectivity index (χ2n) is 4.57. The first-order valence-electron chi connectivity index (χ1n) is 5.97. The van der Waals surface area contributed by atoms with Crippen molar-refractivity contribution in [2.45, 2.75) is 20.4 Å². The van der Waals surface area contributed by atoms with Gasteiger partial charge in [-0.1, -0.05) is 0 Å². The monoisotopic (exact) mass is 259 g/mol. The third-order valence-corrected chi connectivity index (χ3v) is 2.89. The first-order valence-corrected chi connectivity index (χ1v) is 5.97. The first-order chi connectivity index (χ1) is 8.97. The number of nitrogens with two attached hydrogens (primary N) is 1. The van der Waals surface area contributed by atoms with Gasteiger partial charge >= 0.3 is 0 Å². The summed E-state index contributed by atoms with van der Waals surface area (Å²) >= 11 is 0. The molecule has 0 saturated heterocycles. The van der Waals surface area contributed by atoms with Gasteiger partial charge < -0.3 is 10.6 Å². The summed E-state index contributed by atoms with van der Waals surface area (Å²) in [6, 6.07) is 5.26. The van der Waals surface area contributed by atoms with Gasteiger partial charge in [0, 0.05) is 18.3 Å². The molecule has 0 atom stereocenters. The molecule has 0 aliphatic heterocycles. The molecule has 2 aromatic rings. The van der Waals surface area contributed by atoms with Crippen LogP contribution in [0.15, 0.2) is 18.2 Å². The summed E-state index contributed by atoms with van der Waals surface area (Å²) in [5.41, 5.74) is 7.94. The molecule has 6 nitrogen and oxygen atoms in total. The molecule has 1 amide bonds. The standard InChI is InChI=1S/C13H17N5O/c1-8-6-10(4-5-11(8)14)13(19)18(3)7-12-15-9(2)16-17-12/h4-6H,7,14H2,1-3H3,(H,15,16,17). The lowest BCUT2D eigenvalue weighted by Crippen LogP contribution is -2.26. The zero-order valence-corrected chi connectivity index (χ0v) is 11.3. The van der Waals surface area contributed by atoms with Crippen LogP contribution < -0.4 is 5.73 Å². The van der Waals surface area contributed by atoms with Crippen LogP contribution in [0.3, 0.4) is 0 Å². The fourth-order valence-corrected chi connectivity index (χ4v) is 1.77. The Balaban J connectivity index is 2.12. The average Bonchev–Trinajstić information content (AvgIpc) is 2.77. The third kappa shape index (κ3) is 2.90. The average molecular weight is 259 g/mol. The lowest BCUT2D eigenvalue weighted by atomic mass is 10.1. The quantitative estimate of drug-likeness (QED) is 0.813. The van der Waals surface area contributed by atoms with E-state index >= 15 is 0 Å². The Kier molecular flexibility index (Phi) is 3.50. The Morgan fingerprint density at radius 3 is 2.74 bits per heavy atom. The molecule has 1 aromatic carbocycles. The molecular formula is C13H17N5O. The van der Waals surface area contributed by atoms with E-state index in [0.717, 1.165) is 11.4 Å². The van der Waals surface area contributed by atoms with E-state index < -0.39 is 0 Å². The number of nitrogens with zero attached hydrogens (tertiary/aromatic N) is 3. The van der Waals surface area contributed by atoms with Crippen molar-refractivity contribution in [2.75, 3.05) is 12.8 Å². The van der Waals surface area contributed by atoms with E-state index in [2.05, 4.69) is 15.2 Å². The minimum Gasteiger partial charge on any atom is -0.399 e. The molecule has 0 aliphatic carbocycles. The smallest absolute Gasteiger partial charge is 0.254 e. The van der Waals surface area contributed by atoms with Gasteiger partial charge in [-0.3, -0.25) is 9.89 Å². The molecular weight excluding hydrogens is 242 g/mol. The predicted molar refractivity (Wildman–Crippen MR) is 72.5 cm³/mol. The van der Waals surface area contributed by atoms with E-state index in [1.54, 1.807) is 30.1 Å². The topological polar surface area (TPSA) is 87.9 Å². The Hall–Kier alpha value is -2.37. The number of carbonyl (C=O) groups is 1. The highest BCUT2D eigenvalue weighted by Gasteiger charge is 2.14. The number of anilines is 1. The van der Waals surface area contributed by atoms with Crippen LogP contribution in [0.1, 0.15) is 27.6 Å². The van der Waals surface area contributed by atoms with Crippen LogP contribution in [0.2, 0.25) is 0 Å². The molecule has 1 heterocycles. The summed E-state index contributed by atoms with van der Waals surface area (Å²) in [7, 11) is 1.72. The number of nitrogen functional groups attached to an aromatic ring is 1. The van der Waals surface area contributed by atoms with Crippen LogP contribution in [-0.4, -0.2) is 33.0 Å². The Morgan fingerprint density at radius 1 is 1.42 bits per heavy atom. The van der Waals surface area contributed by atoms with E-state index in [0.29, 0.717) is 23.6 Å². The number of carbonyl (C=O) groups excluding carboxylic acids is 1. The van der Waals surface area contributed by atoms with Crippen molar-refractivity contribution in [1.29, 1.82) is 0 Å². The SMILES string of the molecule is Cc1nc(CN(C)C(=O)c2ccc(N)c(C)c2)n[nH]1. The summed E-state index contributed by atoms with van der Waals surface area (Å²) in [6.07, 6.45) is 0. The summed E-state index contributed by atoms with van der Waals surface area (Å²) in [4.78, 5) is 18.0. The van der Waals surface area contributed by atoms with E-state index in [-0.39, 0.29) is 5.91 Å². The normalized spacial score (nSPS) is 10.5. The number of aromatic nitrogens is 3. The maximum Gasteiger partial charge on any atom is 0.254 e. The van der Waals surface area contributed by atoms with Crippen LogP contribution in [0, 0.1) is 13.8 Å². The van der Waals surface area contributed by atoms with Crippen molar-refractivity contribution in [3.63, 3.8) is 0 Å². The molecule has 1 aromatic heterocycles. The number of benzene rings is 1. The lowest BCUT2D eigenvalue weighted by Gasteiger charge is -2.15. The predicted octanol–water partition coefficient (Wildman–Crippen LogP) is 1.28. The number of aromatic amines is 1. The molecule has 0 bridgehead atoms. The fourth-order valence-electron chi connectivity index (χ4n) is 1.77. The van der Waals surface area contributed by atoms with Crippen molar-refractivity contribution in [2.24, 2.45) is 0 Å². The molecule has 0 aliphatic rings. The number of hydrogen-bond donors (Lipinski definition) is 2. The van der Waals surface area contributed by atoms with E-state index in [4.69, 9.17) is 5.73 Å². The van der Waals surface area contributed by atoms with Crippen LogP contribution >= 0.6 is 0 Å². The maximum atomic E-state index is 12.2. The minimum atomic E-state index is -0.0782. The molecule has 19 heavy (non-hydrogen) atoms. The molecule has 3 N–H and O–H groups in total. The number of amides is 1. The molecule has 6 heteroatoms. The van der Waals surface area contributed by atoms with Crippen LogP contribution in [0.5, 0.6) is 0 Å². The van der Waals surface area contributed by atoms with Gasteiger partial charge in [0.25, 0.3) is 5.91 Å².